The van der Waals surface area contributed by atoms with E-state index >= 15 is 0 Å². The van der Waals surface area contributed by atoms with Crippen LogP contribution >= 0.6 is 38.6 Å². The average molecular weight is 317 g/mol. The van der Waals surface area contributed by atoms with E-state index in [0.29, 0.717) is 6.04 Å². The Morgan fingerprint density at radius 3 is 2.62 bits per heavy atom. The lowest BCUT2D eigenvalue weighted by molar-refractivity contribution is 0.531. The quantitative estimate of drug-likeness (QED) is 0.920. The number of hydrogen-bond donors (Lipinski definition) is 1. The van der Waals surface area contributed by atoms with E-state index < -0.39 is 0 Å². The second-order valence-corrected chi connectivity index (χ2v) is 6.49. The molecular weight excluding hydrogens is 304 g/mol. The molecule has 0 amide bonds. The molecular formula is C11H13BrN2S2. The number of hydrogen-bond acceptors (Lipinski definition) is 4. The molecule has 2 nitrogen and oxygen atoms in total. The number of aromatic nitrogens is 1. The molecule has 5 heteroatoms. The van der Waals surface area contributed by atoms with Crippen LogP contribution in [-0.2, 0) is 0 Å². The third-order valence-electron chi connectivity index (χ3n) is 2.11. The van der Waals surface area contributed by atoms with Gasteiger partial charge in [-0.2, -0.15) is 0 Å². The molecule has 2 heterocycles. The molecule has 1 atom stereocenters. The summed E-state index contributed by atoms with van der Waals surface area (Å²) in [4.78, 5) is 5.70. The number of rotatable bonds is 4. The Morgan fingerprint density at radius 1 is 1.31 bits per heavy atom. The Kier molecular flexibility index (Phi) is 4.13. The first kappa shape index (κ1) is 12.2. The molecule has 0 bridgehead atoms. The maximum Gasteiger partial charge on any atom is 0.115 e. The summed E-state index contributed by atoms with van der Waals surface area (Å²) in [5, 5.41) is 8.79. The van der Waals surface area contributed by atoms with Crippen LogP contribution in [0.25, 0.3) is 0 Å². The molecule has 0 aliphatic carbocycles. The van der Waals surface area contributed by atoms with E-state index in [1.165, 1.54) is 4.88 Å². The van der Waals surface area contributed by atoms with Gasteiger partial charge in [0.2, 0.25) is 0 Å². The molecule has 2 aromatic rings. The first-order valence-corrected chi connectivity index (χ1v) is 7.62. The Morgan fingerprint density at radius 2 is 2.12 bits per heavy atom. The van der Waals surface area contributed by atoms with E-state index in [9.17, 15) is 0 Å². The third kappa shape index (κ3) is 2.71. The lowest BCUT2D eigenvalue weighted by Crippen LogP contribution is -2.28. The molecule has 0 aliphatic rings. The number of nitrogens with one attached hydrogen (secondary N) is 1. The smallest absolute Gasteiger partial charge is 0.115 e. The standard InChI is InChI=1S/C11H13BrN2S2/c1-7(2)14-9(11-13-4-6-16-11)10-8(12)3-5-15-10/h3-7,9,14H,1-2H3. The van der Waals surface area contributed by atoms with E-state index in [4.69, 9.17) is 0 Å². The Labute approximate surface area is 112 Å². The Bertz CT molecular complexity index is 437. The van der Waals surface area contributed by atoms with Gasteiger partial charge in [0.1, 0.15) is 5.01 Å². The number of thiazole rings is 1. The van der Waals surface area contributed by atoms with Gasteiger partial charge < -0.3 is 5.32 Å². The summed E-state index contributed by atoms with van der Waals surface area (Å²) in [5.41, 5.74) is 0. The van der Waals surface area contributed by atoms with Gasteiger partial charge in [-0.05, 0) is 41.2 Å². The zero-order chi connectivity index (χ0) is 11.5. The number of nitrogens with zero attached hydrogens (tertiary/aromatic N) is 1. The van der Waals surface area contributed by atoms with Crippen LogP contribution in [0.5, 0.6) is 0 Å². The second kappa shape index (κ2) is 5.40. The Hall–Kier alpha value is -0.230. The number of halogens is 1. The fourth-order valence-corrected chi connectivity index (χ4v) is 3.92. The molecule has 1 N–H and O–H groups in total. The van der Waals surface area contributed by atoms with Crippen LogP contribution in [0.2, 0.25) is 0 Å². The van der Waals surface area contributed by atoms with Gasteiger partial charge in [-0.15, -0.1) is 22.7 Å². The van der Waals surface area contributed by atoms with Crippen molar-refractivity contribution in [3.05, 3.63) is 37.4 Å². The molecule has 2 rings (SSSR count). The third-order valence-corrected chi connectivity index (χ3v) is 4.88. The molecule has 1 unspecified atom stereocenters. The fraction of sp³-hybridized carbons (Fsp3) is 0.364. The Balaban J connectivity index is 2.32. The largest absolute Gasteiger partial charge is 0.301 e. The number of thiophene rings is 1. The second-order valence-electron chi connectivity index (χ2n) is 3.76. The first-order valence-electron chi connectivity index (χ1n) is 5.07. The van der Waals surface area contributed by atoms with E-state index in [1.807, 2.05) is 11.6 Å². The molecule has 0 saturated heterocycles. The lowest BCUT2D eigenvalue weighted by atomic mass is 10.2. The highest BCUT2D eigenvalue weighted by atomic mass is 79.9. The zero-order valence-electron chi connectivity index (χ0n) is 9.11. The molecule has 0 aromatic carbocycles. The van der Waals surface area contributed by atoms with Crippen molar-refractivity contribution >= 4 is 38.6 Å². The predicted molar refractivity (Wildman–Crippen MR) is 74.2 cm³/mol. The molecule has 0 aliphatic heterocycles. The summed E-state index contributed by atoms with van der Waals surface area (Å²) in [6.07, 6.45) is 1.86. The first-order chi connectivity index (χ1) is 7.68. The lowest BCUT2D eigenvalue weighted by Gasteiger charge is -2.18. The fourth-order valence-electron chi connectivity index (χ4n) is 1.48. The molecule has 0 spiro atoms. The van der Waals surface area contributed by atoms with Crippen molar-refractivity contribution in [2.45, 2.75) is 25.9 Å². The summed E-state index contributed by atoms with van der Waals surface area (Å²) >= 11 is 7.04. The van der Waals surface area contributed by atoms with Crippen molar-refractivity contribution in [1.29, 1.82) is 0 Å². The highest BCUT2D eigenvalue weighted by Crippen LogP contribution is 2.34. The van der Waals surface area contributed by atoms with Crippen LogP contribution in [0.4, 0.5) is 0 Å². The van der Waals surface area contributed by atoms with Crippen LogP contribution in [-0.4, -0.2) is 11.0 Å². The van der Waals surface area contributed by atoms with Crippen LogP contribution in [0.1, 0.15) is 29.8 Å². The molecule has 0 radical (unpaired) electrons. The highest BCUT2D eigenvalue weighted by Gasteiger charge is 2.20. The zero-order valence-corrected chi connectivity index (χ0v) is 12.3. The van der Waals surface area contributed by atoms with Crippen LogP contribution in [0, 0.1) is 0 Å². The summed E-state index contributed by atoms with van der Waals surface area (Å²) in [7, 11) is 0. The van der Waals surface area contributed by atoms with Crippen molar-refractivity contribution in [3.8, 4) is 0 Å². The highest BCUT2D eigenvalue weighted by molar-refractivity contribution is 9.10. The van der Waals surface area contributed by atoms with Crippen molar-refractivity contribution in [1.82, 2.24) is 10.3 Å². The van der Waals surface area contributed by atoms with Crippen molar-refractivity contribution in [2.75, 3.05) is 0 Å². The van der Waals surface area contributed by atoms with E-state index in [0.717, 1.165) is 9.48 Å². The van der Waals surface area contributed by atoms with Gasteiger partial charge in [0, 0.05) is 27.0 Å². The van der Waals surface area contributed by atoms with Gasteiger partial charge in [-0.1, -0.05) is 0 Å². The molecule has 0 saturated carbocycles. The maximum atomic E-state index is 4.41. The topological polar surface area (TPSA) is 24.9 Å². The van der Waals surface area contributed by atoms with Gasteiger partial charge in [-0.25, -0.2) is 4.98 Å². The monoisotopic (exact) mass is 316 g/mol. The van der Waals surface area contributed by atoms with Crippen molar-refractivity contribution in [2.24, 2.45) is 0 Å². The van der Waals surface area contributed by atoms with Crippen LogP contribution in [0.15, 0.2) is 27.5 Å². The van der Waals surface area contributed by atoms with Gasteiger partial charge in [0.05, 0.1) is 6.04 Å². The van der Waals surface area contributed by atoms with E-state index in [-0.39, 0.29) is 6.04 Å². The minimum absolute atomic E-state index is 0.203. The minimum atomic E-state index is 0.203. The van der Waals surface area contributed by atoms with E-state index in [1.54, 1.807) is 22.7 Å². The summed E-state index contributed by atoms with van der Waals surface area (Å²) in [6.45, 7) is 4.31. The molecule has 2 aromatic heterocycles. The van der Waals surface area contributed by atoms with E-state index in [2.05, 4.69) is 51.5 Å². The normalized spacial score (nSPS) is 13.2. The van der Waals surface area contributed by atoms with Crippen molar-refractivity contribution in [3.63, 3.8) is 0 Å². The summed E-state index contributed by atoms with van der Waals surface area (Å²) in [5.74, 6) is 0. The SMILES string of the molecule is CC(C)NC(c1nccs1)c1sccc1Br. The predicted octanol–water partition coefficient (Wildman–Crippen LogP) is 4.05. The van der Waals surface area contributed by atoms with Gasteiger partial charge in [-0.3, -0.25) is 0 Å². The van der Waals surface area contributed by atoms with Gasteiger partial charge in [0.15, 0.2) is 0 Å². The summed E-state index contributed by atoms with van der Waals surface area (Å²) in [6, 6.07) is 2.72. The van der Waals surface area contributed by atoms with Gasteiger partial charge in [0.25, 0.3) is 0 Å². The molecule has 86 valence electrons. The average Bonchev–Trinajstić information content (AvgIpc) is 2.84. The minimum Gasteiger partial charge on any atom is -0.301 e. The van der Waals surface area contributed by atoms with Gasteiger partial charge >= 0.3 is 0 Å². The van der Waals surface area contributed by atoms with Crippen LogP contribution in [0.3, 0.4) is 0 Å². The van der Waals surface area contributed by atoms with Crippen molar-refractivity contribution < 1.29 is 0 Å². The molecule has 0 fully saturated rings. The maximum absolute atomic E-state index is 4.41. The molecule has 16 heavy (non-hydrogen) atoms. The summed E-state index contributed by atoms with van der Waals surface area (Å²) < 4.78 is 1.16. The van der Waals surface area contributed by atoms with Crippen LogP contribution < -0.4 is 5.32 Å².